The molecule has 0 aliphatic carbocycles. The summed E-state index contributed by atoms with van der Waals surface area (Å²) in [5.41, 5.74) is 1.24. The van der Waals surface area contributed by atoms with Crippen molar-refractivity contribution in [2.75, 3.05) is 19.0 Å². The molecule has 0 N–H and O–H groups in total. The smallest absolute Gasteiger partial charge is 0.378 e. The molecule has 1 unspecified atom stereocenters. The van der Waals surface area contributed by atoms with Gasteiger partial charge in [-0.25, -0.2) is 0 Å². The lowest BCUT2D eigenvalue weighted by atomic mass is 9.96. The summed E-state index contributed by atoms with van der Waals surface area (Å²) in [5, 5.41) is 0. The third kappa shape index (κ3) is 2.90. The average Bonchev–Trinajstić information content (AvgIpc) is 2.17. The van der Waals surface area contributed by atoms with Gasteiger partial charge in [-0.15, -0.1) is 0 Å². The van der Waals surface area contributed by atoms with Gasteiger partial charge in [0.2, 0.25) is 0 Å². The van der Waals surface area contributed by atoms with Gasteiger partial charge in [-0.2, -0.15) is 13.2 Å². The van der Waals surface area contributed by atoms with Crippen molar-refractivity contribution in [3.05, 3.63) is 29.8 Å². The van der Waals surface area contributed by atoms with Crippen molar-refractivity contribution in [1.82, 2.24) is 0 Å². The maximum atomic E-state index is 12.7. The normalized spacial score (nSPS) is 13.6. The second-order valence-electron chi connectivity index (χ2n) is 3.99. The van der Waals surface area contributed by atoms with Crippen LogP contribution in [0.3, 0.4) is 0 Å². The first-order chi connectivity index (χ1) is 7.36. The minimum atomic E-state index is -4.16. The van der Waals surface area contributed by atoms with Gasteiger partial charge in [0.15, 0.2) is 0 Å². The molecule has 1 atom stereocenters. The number of rotatable bonds is 3. The van der Waals surface area contributed by atoms with Crippen LogP contribution in [0.5, 0.6) is 0 Å². The molecule has 0 aliphatic rings. The largest absolute Gasteiger partial charge is 0.395 e. The molecule has 0 aromatic heterocycles. The van der Waals surface area contributed by atoms with Crippen molar-refractivity contribution in [1.29, 1.82) is 0 Å². The molecule has 1 rings (SSSR count). The zero-order valence-electron chi connectivity index (χ0n) is 9.67. The molecule has 0 fully saturated rings. The number of halogens is 3. The highest BCUT2D eigenvalue weighted by molar-refractivity contribution is 5.46. The zero-order chi connectivity index (χ0) is 12.3. The van der Waals surface area contributed by atoms with E-state index in [1.807, 2.05) is 19.0 Å². The van der Waals surface area contributed by atoms with E-state index >= 15 is 0 Å². The number of nitrogens with zero attached hydrogens (tertiary/aromatic N) is 1. The lowest BCUT2D eigenvalue weighted by Gasteiger charge is -2.20. The first-order valence-corrected chi connectivity index (χ1v) is 5.20. The number of benzene rings is 1. The second kappa shape index (κ2) is 4.76. The predicted molar refractivity (Wildman–Crippen MR) is 59.9 cm³/mol. The van der Waals surface area contributed by atoms with Gasteiger partial charge in [0.05, 0.1) is 5.92 Å². The Kier molecular flexibility index (Phi) is 3.83. The molecule has 0 saturated carbocycles. The van der Waals surface area contributed by atoms with Crippen molar-refractivity contribution in [3.8, 4) is 0 Å². The van der Waals surface area contributed by atoms with Crippen LogP contribution in [0.1, 0.15) is 24.8 Å². The van der Waals surface area contributed by atoms with Crippen LogP contribution in [-0.4, -0.2) is 20.3 Å². The topological polar surface area (TPSA) is 3.24 Å². The van der Waals surface area contributed by atoms with Crippen LogP contribution in [0.25, 0.3) is 0 Å². The summed E-state index contributed by atoms with van der Waals surface area (Å²) in [6.07, 6.45) is -4.08. The molecule has 0 amide bonds. The Morgan fingerprint density at radius 2 is 1.62 bits per heavy atom. The number of alkyl halides is 3. The maximum absolute atomic E-state index is 12.7. The Hall–Kier alpha value is -1.19. The van der Waals surface area contributed by atoms with Crippen LogP contribution in [0.15, 0.2) is 24.3 Å². The zero-order valence-corrected chi connectivity index (χ0v) is 9.67. The summed E-state index contributed by atoms with van der Waals surface area (Å²) in [6, 6.07) is 6.53. The third-order valence-electron chi connectivity index (χ3n) is 2.62. The molecule has 1 nitrogen and oxygen atoms in total. The average molecular weight is 231 g/mol. The monoisotopic (exact) mass is 231 g/mol. The molecule has 0 radical (unpaired) electrons. The van der Waals surface area contributed by atoms with Gasteiger partial charge in [0.1, 0.15) is 0 Å². The van der Waals surface area contributed by atoms with Gasteiger partial charge in [0.25, 0.3) is 0 Å². The number of anilines is 1. The SMILES string of the molecule is CCC(c1ccc(N(C)C)cc1)C(F)(F)F. The van der Waals surface area contributed by atoms with Gasteiger partial charge in [0, 0.05) is 19.8 Å². The molecule has 0 bridgehead atoms. The molecule has 1 aromatic carbocycles. The van der Waals surface area contributed by atoms with E-state index in [4.69, 9.17) is 0 Å². The molecule has 16 heavy (non-hydrogen) atoms. The van der Waals surface area contributed by atoms with Gasteiger partial charge >= 0.3 is 6.18 Å². The summed E-state index contributed by atoms with van der Waals surface area (Å²) in [4.78, 5) is 1.86. The molecule has 0 aliphatic heterocycles. The van der Waals surface area contributed by atoms with E-state index in [1.165, 1.54) is 0 Å². The van der Waals surface area contributed by atoms with E-state index in [0.717, 1.165) is 5.69 Å². The predicted octanol–water partition coefficient (Wildman–Crippen LogP) is 3.81. The fourth-order valence-corrected chi connectivity index (χ4v) is 1.66. The molecule has 0 spiro atoms. The highest BCUT2D eigenvalue weighted by Crippen LogP contribution is 2.37. The van der Waals surface area contributed by atoms with Crippen molar-refractivity contribution < 1.29 is 13.2 Å². The van der Waals surface area contributed by atoms with Crippen molar-refractivity contribution in [3.63, 3.8) is 0 Å². The Morgan fingerprint density at radius 3 is 1.94 bits per heavy atom. The first kappa shape index (κ1) is 12.9. The van der Waals surface area contributed by atoms with Crippen LogP contribution in [-0.2, 0) is 0 Å². The Balaban J connectivity index is 2.96. The Morgan fingerprint density at radius 1 is 1.12 bits per heavy atom. The molecule has 1 aromatic rings. The summed E-state index contributed by atoms with van der Waals surface area (Å²) in [5.74, 6) is -1.36. The Labute approximate surface area is 93.9 Å². The van der Waals surface area contributed by atoms with Crippen LogP contribution < -0.4 is 4.90 Å². The van der Waals surface area contributed by atoms with Crippen LogP contribution in [0.4, 0.5) is 18.9 Å². The minimum absolute atomic E-state index is 0.0742. The van der Waals surface area contributed by atoms with Crippen molar-refractivity contribution >= 4 is 5.69 Å². The van der Waals surface area contributed by atoms with E-state index < -0.39 is 12.1 Å². The Bertz CT molecular complexity index is 327. The van der Waals surface area contributed by atoms with Crippen molar-refractivity contribution in [2.45, 2.75) is 25.4 Å². The summed E-state index contributed by atoms with van der Waals surface area (Å²) < 4.78 is 38.0. The highest BCUT2D eigenvalue weighted by atomic mass is 19.4. The number of hydrogen-bond acceptors (Lipinski definition) is 1. The van der Waals surface area contributed by atoms with E-state index in [0.29, 0.717) is 5.56 Å². The standard InChI is InChI=1S/C12H16F3N/c1-4-11(12(13,14)15)9-5-7-10(8-6-9)16(2)3/h5-8,11H,4H2,1-3H3. The first-order valence-electron chi connectivity index (χ1n) is 5.20. The van der Waals surface area contributed by atoms with E-state index in [-0.39, 0.29) is 6.42 Å². The van der Waals surface area contributed by atoms with E-state index in [2.05, 4.69) is 0 Å². The van der Waals surface area contributed by atoms with Crippen LogP contribution in [0, 0.1) is 0 Å². The van der Waals surface area contributed by atoms with Gasteiger partial charge in [-0.1, -0.05) is 19.1 Å². The molecule has 4 heteroatoms. The third-order valence-corrected chi connectivity index (χ3v) is 2.62. The van der Waals surface area contributed by atoms with E-state index in [1.54, 1.807) is 31.2 Å². The second-order valence-corrected chi connectivity index (χ2v) is 3.99. The van der Waals surface area contributed by atoms with E-state index in [9.17, 15) is 13.2 Å². The number of hydrogen-bond donors (Lipinski definition) is 0. The maximum Gasteiger partial charge on any atom is 0.395 e. The van der Waals surface area contributed by atoms with Gasteiger partial charge < -0.3 is 4.90 Å². The fourth-order valence-electron chi connectivity index (χ4n) is 1.66. The van der Waals surface area contributed by atoms with Crippen LogP contribution >= 0.6 is 0 Å². The lowest BCUT2D eigenvalue weighted by Crippen LogP contribution is -2.20. The minimum Gasteiger partial charge on any atom is -0.378 e. The quantitative estimate of drug-likeness (QED) is 0.764. The summed E-state index contributed by atoms with van der Waals surface area (Å²) in [6.45, 7) is 1.55. The molecule has 0 heterocycles. The lowest BCUT2D eigenvalue weighted by molar-refractivity contribution is -0.151. The molecule has 90 valence electrons. The van der Waals surface area contributed by atoms with Crippen LogP contribution in [0.2, 0.25) is 0 Å². The summed E-state index contributed by atoms with van der Waals surface area (Å²) >= 11 is 0. The fraction of sp³-hybridized carbons (Fsp3) is 0.500. The molecular weight excluding hydrogens is 215 g/mol. The highest BCUT2D eigenvalue weighted by Gasteiger charge is 2.39. The van der Waals surface area contributed by atoms with Crippen molar-refractivity contribution in [2.24, 2.45) is 0 Å². The molecule has 0 saturated heterocycles. The summed E-state index contributed by atoms with van der Waals surface area (Å²) in [7, 11) is 3.71. The molecular formula is C12H16F3N. The van der Waals surface area contributed by atoms with Gasteiger partial charge in [-0.3, -0.25) is 0 Å². The van der Waals surface area contributed by atoms with Gasteiger partial charge in [-0.05, 0) is 24.1 Å².